The summed E-state index contributed by atoms with van der Waals surface area (Å²) in [6, 6.07) is 10.5. The topological polar surface area (TPSA) is 12.5 Å². The van der Waals surface area contributed by atoms with Gasteiger partial charge < -0.3 is 26.6 Å². The molecule has 0 bridgehead atoms. The Balaban J connectivity index is 0. The Kier molecular flexibility index (Phi) is 11.6. The van der Waals surface area contributed by atoms with Crippen LogP contribution < -0.4 is 21.7 Å². The van der Waals surface area contributed by atoms with Crippen LogP contribution in [0.25, 0.3) is 0 Å². The van der Waals surface area contributed by atoms with Crippen molar-refractivity contribution in [1.29, 1.82) is 0 Å². The van der Waals surface area contributed by atoms with E-state index in [4.69, 9.17) is 4.74 Å². The van der Waals surface area contributed by atoms with Crippen LogP contribution >= 0.6 is 0 Å². The van der Waals surface area contributed by atoms with Gasteiger partial charge in [-0.05, 0) is 14.1 Å². The van der Waals surface area contributed by atoms with Gasteiger partial charge in [-0.1, -0.05) is 0 Å². The van der Waals surface area contributed by atoms with E-state index in [1.165, 1.54) is 0 Å². The predicted octanol–water partition coefficient (Wildman–Crippen LogP) is -1.95. The van der Waals surface area contributed by atoms with Gasteiger partial charge in [0.1, 0.15) is 0 Å². The Morgan fingerprint density at radius 1 is 1.29 bits per heavy atom. The molecule has 1 aromatic carbocycles. The maximum Gasteiger partial charge on any atom is 2.00 e. The summed E-state index contributed by atoms with van der Waals surface area (Å²) in [5.41, 5.74) is 0. The van der Waals surface area contributed by atoms with Gasteiger partial charge in [0, 0.05) is 12.3 Å². The normalized spacial score (nSPS) is 8.79. The maximum absolute atomic E-state index is 5.46. The fraction of sp³-hybridized carbons (Fsp3) is 0.400. The molecular formula is C10H14BrMgNO. The average Bonchev–Trinajstić information content (AvgIpc) is 2.05. The molecule has 0 atom stereocenters. The minimum absolute atomic E-state index is 0. The van der Waals surface area contributed by atoms with Crippen molar-refractivity contribution in [2.75, 3.05) is 27.2 Å². The SMILES string of the molecule is CN(C)CCOc1cc[c-]cc1.[Br-].[Mg+2]. The Labute approximate surface area is 113 Å². The zero-order valence-electron chi connectivity index (χ0n) is 8.66. The minimum Gasteiger partial charge on any atom is -1.00 e. The van der Waals surface area contributed by atoms with Crippen LogP contribution in [0.4, 0.5) is 0 Å². The average molecular weight is 268 g/mol. The minimum atomic E-state index is 0. The monoisotopic (exact) mass is 267 g/mol. The van der Waals surface area contributed by atoms with E-state index in [-0.39, 0.29) is 40.0 Å². The van der Waals surface area contributed by atoms with Crippen molar-refractivity contribution in [3.63, 3.8) is 0 Å². The maximum atomic E-state index is 5.46. The molecular weight excluding hydrogens is 254 g/mol. The van der Waals surface area contributed by atoms with Gasteiger partial charge in [-0.3, -0.25) is 0 Å². The molecule has 4 heteroatoms. The van der Waals surface area contributed by atoms with Gasteiger partial charge in [-0.15, -0.1) is 12.1 Å². The summed E-state index contributed by atoms with van der Waals surface area (Å²) in [7, 11) is 4.06. The molecule has 0 radical (unpaired) electrons. The van der Waals surface area contributed by atoms with E-state index in [1.807, 2.05) is 38.4 Å². The Morgan fingerprint density at radius 2 is 1.86 bits per heavy atom. The number of hydrogen-bond donors (Lipinski definition) is 0. The van der Waals surface area contributed by atoms with E-state index in [9.17, 15) is 0 Å². The van der Waals surface area contributed by atoms with Crippen molar-refractivity contribution in [3.05, 3.63) is 30.3 Å². The van der Waals surface area contributed by atoms with Crippen LogP contribution in [0.3, 0.4) is 0 Å². The molecule has 2 nitrogen and oxygen atoms in total. The fourth-order valence-corrected chi connectivity index (χ4v) is 0.814. The molecule has 0 aliphatic rings. The van der Waals surface area contributed by atoms with Crippen molar-refractivity contribution in [3.8, 4) is 5.75 Å². The number of nitrogens with zero attached hydrogens (tertiary/aromatic N) is 1. The summed E-state index contributed by atoms with van der Waals surface area (Å²) >= 11 is 0. The van der Waals surface area contributed by atoms with Gasteiger partial charge in [0.25, 0.3) is 0 Å². The molecule has 1 aromatic rings. The van der Waals surface area contributed by atoms with Crippen LogP contribution in [0, 0.1) is 6.07 Å². The molecule has 0 N–H and O–H groups in total. The molecule has 0 saturated heterocycles. The first-order chi connectivity index (χ1) is 5.79. The summed E-state index contributed by atoms with van der Waals surface area (Å²) < 4.78 is 5.46. The molecule has 0 amide bonds. The second-order valence-corrected chi connectivity index (χ2v) is 2.89. The summed E-state index contributed by atoms with van der Waals surface area (Å²) in [5.74, 6) is 0.913. The van der Waals surface area contributed by atoms with Crippen molar-refractivity contribution < 1.29 is 21.7 Å². The molecule has 0 fully saturated rings. The molecule has 0 aromatic heterocycles. The largest absolute Gasteiger partial charge is 2.00 e. The van der Waals surface area contributed by atoms with Gasteiger partial charge in [-0.25, -0.2) is 0 Å². The van der Waals surface area contributed by atoms with E-state index in [0.717, 1.165) is 18.9 Å². The van der Waals surface area contributed by atoms with E-state index >= 15 is 0 Å². The van der Waals surface area contributed by atoms with E-state index < -0.39 is 0 Å². The number of rotatable bonds is 4. The van der Waals surface area contributed by atoms with E-state index in [1.54, 1.807) is 0 Å². The standard InChI is InChI=1S/C10H14NO.BrH.Mg/c1-11(2)8-9-12-10-6-4-3-5-7-10;;/h4-7H,8-9H2,1-2H3;1H;/q-1;;+2/p-1. The van der Waals surface area contributed by atoms with Gasteiger partial charge in [-0.2, -0.15) is 18.2 Å². The van der Waals surface area contributed by atoms with Gasteiger partial charge in [0.2, 0.25) is 0 Å². The van der Waals surface area contributed by atoms with E-state index in [2.05, 4.69) is 11.0 Å². The summed E-state index contributed by atoms with van der Waals surface area (Å²) in [5, 5.41) is 0. The number of halogens is 1. The van der Waals surface area contributed by atoms with Gasteiger partial charge >= 0.3 is 23.1 Å². The Morgan fingerprint density at radius 3 is 2.36 bits per heavy atom. The molecule has 14 heavy (non-hydrogen) atoms. The molecule has 0 aliphatic carbocycles. The van der Waals surface area contributed by atoms with Crippen LogP contribution in [-0.2, 0) is 0 Å². The molecule has 0 spiro atoms. The summed E-state index contributed by atoms with van der Waals surface area (Å²) in [4.78, 5) is 2.09. The first kappa shape index (κ1) is 16.6. The molecule has 1 rings (SSSR count). The molecule has 74 valence electrons. The van der Waals surface area contributed by atoms with Crippen molar-refractivity contribution in [2.45, 2.75) is 0 Å². The predicted molar refractivity (Wildman–Crippen MR) is 55.1 cm³/mol. The molecule has 0 unspecified atom stereocenters. The van der Waals surface area contributed by atoms with Gasteiger partial charge in [0.15, 0.2) is 0 Å². The molecule has 0 saturated carbocycles. The fourth-order valence-electron chi connectivity index (χ4n) is 0.814. The number of likely N-dealkylation sites (N-methyl/N-ethyl adjacent to an activating group) is 1. The quantitative estimate of drug-likeness (QED) is 0.465. The first-order valence-electron chi connectivity index (χ1n) is 4.02. The van der Waals surface area contributed by atoms with Crippen molar-refractivity contribution >= 4 is 23.1 Å². The van der Waals surface area contributed by atoms with Crippen LogP contribution in [-0.4, -0.2) is 55.2 Å². The third-order valence-electron chi connectivity index (χ3n) is 1.49. The Bertz CT molecular complexity index is 219. The number of hydrogen-bond acceptors (Lipinski definition) is 2. The Hall–Kier alpha value is 0.226. The first-order valence-corrected chi connectivity index (χ1v) is 4.02. The van der Waals surface area contributed by atoms with Crippen molar-refractivity contribution in [2.24, 2.45) is 0 Å². The van der Waals surface area contributed by atoms with Gasteiger partial charge in [0.05, 0.1) is 6.61 Å². The third kappa shape index (κ3) is 7.61. The molecule has 0 heterocycles. The van der Waals surface area contributed by atoms with Crippen LogP contribution in [0.5, 0.6) is 5.75 Å². The van der Waals surface area contributed by atoms with E-state index in [0.29, 0.717) is 0 Å². The summed E-state index contributed by atoms with van der Waals surface area (Å²) in [6.07, 6.45) is 0. The number of ether oxygens (including phenoxy) is 1. The summed E-state index contributed by atoms with van der Waals surface area (Å²) in [6.45, 7) is 1.68. The van der Waals surface area contributed by atoms with Crippen LogP contribution in [0.1, 0.15) is 0 Å². The smallest absolute Gasteiger partial charge is 1.00 e. The zero-order chi connectivity index (χ0) is 8.81. The zero-order valence-corrected chi connectivity index (χ0v) is 11.7. The second kappa shape index (κ2) is 9.77. The third-order valence-corrected chi connectivity index (χ3v) is 1.49. The molecule has 0 aliphatic heterocycles. The number of benzene rings is 1. The van der Waals surface area contributed by atoms with Crippen LogP contribution in [0.15, 0.2) is 24.3 Å². The van der Waals surface area contributed by atoms with Crippen molar-refractivity contribution in [1.82, 2.24) is 4.90 Å². The van der Waals surface area contributed by atoms with Crippen LogP contribution in [0.2, 0.25) is 0 Å². The second-order valence-electron chi connectivity index (χ2n) is 2.89.